The summed E-state index contributed by atoms with van der Waals surface area (Å²) >= 11 is 0. The van der Waals surface area contributed by atoms with E-state index in [0.717, 1.165) is 19.1 Å². The van der Waals surface area contributed by atoms with E-state index >= 15 is 0 Å². The van der Waals surface area contributed by atoms with E-state index in [-0.39, 0.29) is 5.54 Å². The zero-order chi connectivity index (χ0) is 10.6. The lowest BCUT2D eigenvalue weighted by molar-refractivity contribution is 0.0466. The molecule has 1 rings (SSSR count). The van der Waals surface area contributed by atoms with Crippen molar-refractivity contribution in [2.24, 2.45) is 5.92 Å². The molecule has 1 aliphatic heterocycles. The van der Waals surface area contributed by atoms with Crippen LogP contribution in [0, 0.1) is 5.92 Å². The van der Waals surface area contributed by atoms with E-state index in [2.05, 4.69) is 36.2 Å². The van der Waals surface area contributed by atoms with Crippen LogP contribution in [0.1, 0.15) is 40.0 Å². The zero-order valence-corrected chi connectivity index (χ0v) is 10.7. The number of nitrogens with zero attached hydrogens (tertiary/aromatic N) is 1. The van der Waals surface area contributed by atoms with Crippen molar-refractivity contribution in [2.75, 3.05) is 19.7 Å². The maximum atomic E-state index is 5.25. The largest absolute Gasteiger partial charge is 0.417 e. The lowest BCUT2D eigenvalue weighted by Crippen LogP contribution is -2.51. The van der Waals surface area contributed by atoms with Crippen LogP contribution in [0.3, 0.4) is 0 Å². The highest BCUT2D eigenvalue weighted by Crippen LogP contribution is 2.39. The molecule has 0 amide bonds. The summed E-state index contributed by atoms with van der Waals surface area (Å²) in [6.45, 7) is 10.0. The molecule has 1 fully saturated rings. The molecule has 14 heavy (non-hydrogen) atoms. The zero-order valence-electron chi connectivity index (χ0n) is 9.68. The van der Waals surface area contributed by atoms with E-state index in [4.69, 9.17) is 4.43 Å². The Morgan fingerprint density at radius 1 is 1.43 bits per heavy atom. The Labute approximate surface area is 91.6 Å². The molecule has 1 saturated heterocycles. The van der Waals surface area contributed by atoms with Crippen LogP contribution >= 0.6 is 0 Å². The van der Waals surface area contributed by atoms with Crippen molar-refractivity contribution in [2.45, 2.75) is 45.6 Å². The number of likely N-dealkylation sites (tertiary alicyclic amines) is 1. The van der Waals surface area contributed by atoms with Gasteiger partial charge in [-0.15, -0.1) is 0 Å². The van der Waals surface area contributed by atoms with Crippen molar-refractivity contribution in [1.82, 2.24) is 4.90 Å². The summed E-state index contributed by atoms with van der Waals surface area (Å²) in [7, 11) is 3.17. The van der Waals surface area contributed by atoms with E-state index in [1.807, 2.05) is 0 Å². The Hall–Kier alpha value is 0.137. The van der Waals surface area contributed by atoms with Gasteiger partial charge >= 0.3 is 0 Å². The number of rotatable bonds is 5. The summed E-state index contributed by atoms with van der Waals surface area (Å²) in [5.74, 6) is 0.795. The lowest BCUT2D eigenvalue weighted by Gasteiger charge is -2.41. The normalized spacial score (nSPS) is 33.9. The predicted molar refractivity (Wildman–Crippen MR) is 60.4 cm³/mol. The Balaban J connectivity index is 2.81. The fraction of sp³-hybridized carbons (Fsp3) is 1.00. The third kappa shape index (κ3) is 1.90. The molecule has 3 heteroatoms. The van der Waals surface area contributed by atoms with E-state index in [1.165, 1.54) is 25.8 Å². The standard InChI is InChI=1S/C11H22NOSi/c1-4-10-7-8-12(6-3)11(10,5-2)9-13-14/h10H,4-9H2,1-3H3/t10?,11-/m1/s1. The van der Waals surface area contributed by atoms with Crippen molar-refractivity contribution >= 4 is 10.5 Å². The second kappa shape index (κ2) is 5.28. The maximum Gasteiger partial charge on any atom is 0.246 e. The molecule has 0 saturated carbocycles. The monoisotopic (exact) mass is 212 g/mol. The molecule has 1 unspecified atom stereocenters. The average molecular weight is 212 g/mol. The third-order valence-corrected chi connectivity index (χ3v) is 4.09. The van der Waals surface area contributed by atoms with Gasteiger partial charge in [0.05, 0.1) is 6.61 Å². The highest BCUT2D eigenvalue weighted by molar-refractivity contribution is 5.98. The van der Waals surface area contributed by atoms with Gasteiger partial charge in [0.2, 0.25) is 10.5 Å². The molecule has 0 aromatic rings. The molecular formula is C11H22NOSi. The molecule has 81 valence electrons. The average Bonchev–Trinajstić information content (AvgIpc) is 2.56. The number of likely N-dealkylation sites (N-methyl/N-ethyl adjacent to an activating group) is 1. The van der Waals surface area contributed by atoms with Crippen molar-refractivity contribution in [3.8, 4) is 0 Å². The van der Waals surface area contributed by atoms with Gasteiger partial charge in [-0.3, -0.25) is 4.90 Å². The molecule has 0 aromatic carbocycles. The molecule has 2 nitrogen and oxygen atoms in total. The first kappa shape index (κ1) is 12.2. The number of hydrogen-bond donors (Lipinski definition) is 0. The molecule has 0 spiro atoms. The van der Waals surface area contributed by atoms with Crippen molar-refractivity contribution < 1.29 is 4.43 Å². The SMILES string of the molecule is CCC1CCN(CC)[C@]1(CC)CO[Si]. The second-order valence-electron chi connectivity index (χ2n) is 4.22. The summed E-state index contributed by atoms with van der Waals surface area (Å²) in [6.07, 6.45) is 3.78. The van der Waals surface area contributed by atoms with Gasteiger partial charge in [0, 0.05) is 5.54 Å². The Bertz CT molecular complexity index is 163. The second-order valence-corrected chi connectivity index (χ2v) is 4.51. The summed E-state index contributed by atoms with van der Waals surface area (Å²) in [4.78, 5) is 2.58. The van der Waals surface area contributed by atoms with Gasteiger partial charge in [-0.1, -0.05) is 27.2 Å². The topological polar surface area (TPSA) is 12.5 Å². The van der Waals surface area contributed by atoms with Gasteiger partial charge in [-0.2, -0.15) is 0 Å². The van der Waals surface area contributed by atoms with Crippen LogP contribution in [0.5, 0.6) is 0 Å². The maximum absolute atomic E-state index is 5.25. The molecule has 0 aromatic heterocycles. The lowest BCUT2D eigenvalue weighted by atomic mass is 9.81. The minimum atomic E-state index is 0.283. The Kier molecular flexibility index (Phi) is 4.61. The predicted octanol–water partition coefficient (Wildman–Crippen LogP) is 1.99. The highest BCUT2D eigenvalue weighted by Gasteiger charge is 2.45. The van der Waals surface area contributed by atoms with Crippen LogP contribution in [0.15, 0.2) is 0 Å². The van der Waals surface area contributed by atoms with Crippen molar-refractivity contribution in [1.29, 1.82) is 0 Å². The molecule has 0 aliphatic carbocycles. The van der Waals surface area contributed by atoms with Gasteiger partial charge < -0.3 is 4.43 Å². The molecule has 0 N–H and O–H groups in total. The van der Waals surface area contributed by atoms with Gasteiger partial charge in [-0.05, 0) is 31.8 Å². The first-order valence-corrected chi connectivity index (χ1v) is 6.19. The molecule has 0 bridgehead atoms. The van der Waals surface area contributed by atoms with Crippen LogP contribution in [-0.2, 0) is 4.43 Å². The fourth-order valence-electron chi connectivity index (χ4n) is 3.07. The summed E-state index contributed by atoms with van der Waals surface area (Å²) < 4.78 is 5.25. The quantitative estimate of drug-likeness (QED) is 0.646. The van der Waals surface area contributed by atoms with Crippen LogP contribution < -0.4 is 0 Å². The summed E-state index contributed by atoms with van der Waals surface area (Å²) in [6, 6.07) is 0. The van der Waals surface area contributed by atoms with Crippen LogP contribution in [0.4, 0.5) is 0 Å². The molecule has 1 heterocycles. The number of hydrogen-bond acceptors (Lipinski definition) is 2. The van der Waals surface area contributed by atoms with Crippen LogP contribution in [0.25, 0.3) is 0 Å². The molecule has 2 atom stereocenters. The summed E-state index contributed by atoms with van der Waals surface area (Å²) in [5.41, 5.74) is 0.283. The van der Waals surface area contributed by atoms with E-state index < -0.39 is 0 Å². The Morgan fingerprint density at radius 2 is 2.14 bits per heavy atom. The Morgan fingerprint density at radius 3 is 2.57 bits per heavy atom. The van der Waals surface area contributed by atoms with E-state index in [1.54, 1.807) is 0 Å². The van der Waals surface area contributed by atoms with Gasteiger partial charge in [-0.25, -0.2) is 0 Å². The molecule has 3 radical (unpaired) electrons. The minimum absolute atomic E-state index is 0.283. The first-order chi connectivity index (χ1) is 6.75. The highest BCUT2D eigenvalue weighted by atomic mass is 28.2. The van der Waals surface area contributed by atoms with Crippen LogP contribution in [0.2, 0.25) is 0 Å². The van der Waals surface area contributed by atoms with E-state index in [9.17, 15) is 0 Å². The molecular weight excluding hydrogens is 190 g/mol. The first-order valence-electron chi connectivity index (χ1n) is 5.78. The van der Waals surface area contributed by atoms with Gasteiger partial charge in [0.1, 0.15) is 0 Å². The van der Waals surface area contributed by atoms with Crippen molar-refractivity contribution in [3.63, 3.8) is 0 Å². The fourth-order valence-corrected chi connectivity index (χ4v) is 3.32. The minimum Gasteiger partial charge on any atom is -0.417 e. The third-order valence-electron chi connectivity index (χ3n) is 3.95. The smallest absolute Gasteiger partial charge is 0.246 e. The van der Waals surface area contributed by atoms with Crippen molar-refractivity contribution in [3.05, 3.63) is 0 Å². The molecule has 1 aliphatic rings. The van der Waals surface area contributed by atoms with Crippen LogP contribution in [-0.4, -0.2) is 40.6 Å². The van der Waals surface area contributed by atoms with E-state index in [0.29, 0.717) is 0 Å². The summed E-state index contributed by atoms with van der Waals surface area (Å²) in [5, 5.41) is 0. The van der Waals surface area contributed by atoms with Gasteiger partial charge in [0.25, 0.3) is 0 Å². The van der Waals surface area contributed by atoms with Gasteiger partial charge in [0.15, 0.2) is 0 Å².